The van der Waals surface area contributed by atoms with Crippen LogP contribution in [0, 0.1) is 28.1 Å². The lowest BCUT2D eigenvalue weighted by Gasteiger charge is -2.38. The molecule has 2 heteroatoms. The number of allylic oxidation sites excluding steroid dienone is 2. The second kappa shape index (κ2) is 2.73. The molecule has 3 rings (SSSR count). The Morgan fingerprint density at radius 1 is 1.18 bits per heavy atom. The molecule has 92 valence electrons. The van der Waals surface area contributed by atoms with Crippen molar-refractivity contribution in [2.75, 3.05) is 0 Å². The average molecular weight is 232 g/mol. The zero-order valence-electron chi connectivity index (χ0n) is 11.0. The van der Waals surface area contributed by atoms with Gasteiger partial charge in [-0.05, 0) is 37.7 Å². The highest BCUT2D eigenvalue weighted by Gasteiger charge is 2.76. The maximum absolute atomic E-state index is 12.7. The van der Waals surface area contributed by atoms with E-state index in [0.717, 1.165) is 12.8 Å². The lowest BCUT2D eigenvalue weighted by Crippen LogP contribution is -2.44. The second-order valence-electron chi connectivity index (χ2n) is 6.84. The Balaban J connectivity index is 2.31. The summed E-state index contributed by atoms with van der Waals surface area (Å²) in [4.78, 5) is 25.0. The average Bonchev–Trinajstić information content (AvgIpc) is 2.77. The highest BCUT2D eigenvalue weighted by Crippen LogP contribution is 2.72. The summed E-state index contributed by atoms with van der Waals surface area (Å²) >= 11 is 0. The van der Waals surface area contributed by atoms with Crippen LogP contribution in [0.5, 0.6) is 0 Å². The largest absolute Gasteiger partial charge is 0.298 e. The first kappa shape index (κ1) is 11.2. The van der Waals surface area contributed by atoms with E-state index in [1.807, 2.05) is 20.8 Å². The summed E-state index contributed by atoms with van der Waals surface area (Å²) in [7, 11) is 0. The molecule has 4 unspecified atom stereocenters. The Labute approximate surface area is 102 Å². The van der Waals surface area contributed by atoms with E-state index in [0.29, 0.717) is 11.8 Å². The molecule has 1 spiro atoms. The van der Waals surface area contributed by atoms with Gasteiger partial charge in [0, 0.05) is 10.8 Å². The van der Waals surface area contributed by atoms with Gasteiger partial charge in [0.15, 0.2) is 11.6 Å². The number of ketones is 2. The van der Waals surface area contributed by atoms with Crippen LogP contribution in [0.25, 0.3) is 0 Å². The van der Waals surface area contributed by atoms with E-state index in [-0.39, 0.29) is 22.4 Å². The first-order chi connectivity index (χ1) is 7.79. The van der Waals surface area contributed by atoms with Crippen molar-refractivity contribution in [1.82, 2.24) is 0 Å². The number of carbonyl (C=O) groups excluding carboxylic acids is 2. The lowest BCUT2D eigenvalue weighted by molar-refractivity contribution is -0.141. The van der Waals surface area contributed by atoms with Gasteiger partial charge in [-0.15, -0.1) is 0 Å². The first-order valence-electron chi connectivity index (χ1n) is 6.58. The van der Waals surface area contributed by atoms with E-state index in [1.54, 1.807) is 6.08 Å². The molecule has 2 saturated carbocycles. The summed E-state index contributed by atoms with van der Waals surface area (Å²) in [6.07, 6.45) is 5.95. The van der Waals surface area contributed by atoms with Crippen LogP contribution in [0.2, 0.25) is 0 Å². The van der Waals surface area contributed by atoms with Crippen molar-refractivity contribution >= 4 is 11.6 Å². The zero-order chi connectivity index (χ0) is 12.6. The third kappa shape index (κ3) is 0.850. The van der Waals surface area contributed by atoms with Crippen molar-refractivity contribution in [2.45, 2.75) is 40.5 Å². The van der Waals surface area contributed by atoms with Gasteiger partial charge in [0.1, 0.15) is 0 Å². The van der Waals surface area contributed by atoms with E-state index in [2.05, 4.69) is 13.0 Å². The van der Waals surface area contributed by atoms with Crippen LogP contribution in [-0.4, -0.2) is 11.6 Å². The number of Topliss-reactive ketones (excluding diaryl/α,β-unsaturated/α-hetero) is 1. The molecular formula is C15H20O2. The molecule has 0 aromatic carbocycles. The molecule has 0 bridgehead atoms. The summed E-state index contributed by atoms with van der Waals surface area (Å²) < 4.78 is 0. The standard InChI is InChI=1S/C15H20O2/c1-9-5-6-10-13(2,3)12(17)14(4)11(16)7-8-15(9,10)14/h7-10H,5-6H2,1-4H3. The van der Waals surface area contributed by atoms with Gasteiger partial charge in [-0.2, -0.15) is 0 Å². The first-order valence-corrected chi connectivity index (χ1v) is 6.58. The van der Waals surface area contributed by atoms with Crippen molar-refractivity contribution in [2.24, 2.45) is 28.1 Å². The van der Waals surface area contributed by atoms with Crippen LogP contribution in [0.4, 0.5) is 0 Å². The van der Waals surface area contributed by atoms with Crippen molar-refractivity contribution in [3.63, 3.8) is 0 Å². The lowest BCUT2D eigenvalue weighted by atomic mass is 9.61. The van der Waals surface area contributed by atoms with Crippen LogP contribution in [0.3, 0.4) is 0 Å². The summed E-state index contributed by atoms with van der Waals surface area (Å²) in [5.74, 6) is 0.972. The quantitative estimate of drug-likeness (QED) is 0.602. The minimum Gasteiger partial charge on any atom is -0.298 e. The molecule has 0 saturated heterocycles. The van der Waals surface area contributed by atoms with Gasteiger partial charge in [0.2, 0.25) is 0 Å². The van der Waals surface area contributed by atoms with E-state index in [9.17, 15) is 9.59 Å². The number of hydrogen-bond donors (Lipinski definition) is 0. The number of rotatable bonds is 0. The van der Waals surface area contributed by atoms with Crippen LogP contribution in [-0.2, 0) is 9.59 Å². The molecule has 0 heterocycles. The van der Waals surface area contributed by atoms with Gasteiger partial charge in [-0.25, -0.2) is 0 Å². The molecule has 0 aromatic heterocycles. The predicted molar refractivity (Wildman–Crippen MR) is 65.4 cm³/mol. The fourth-order valence-electron chi connectivity index (χ4n) is 5.19. The monoisotopic (exact) mass is 232 g/mol. The van der Waals surface area contributed by atoms with Crippen molar-refractivity contribution in [1.29, 1.82) is 0 Å². The minimum absolute atomic E-state index is 0.0341. The Morgan fingerprint density at radius 2 is 1.82 bits per heavy atom. The Morgan fingerprint density at radius 3 is 2.47 bits per heavy atom. The van der Waals surface area contributed by atoms with E-state index in [1.165, 1.54) is 0 Å². The minimum atomic E-state index is -0.781. The highest BCUT2D eigenvalue weighted by molar-refractivity contribution is 6.18. The second-order valence-corrected chi connectivity index (χ2v) is 6.84. The molecule has 0 N–H and O–H groups in total. The van der Waals surface area contributed by atoms with E-state index in [4.69, 9.17) is 0 Å². The highest BCUT2D eigenvalue weighted by atomic mass is 16.2. The molecule has 0 aliphatic heterocycles. The van der Waals surface area contributed by atoms with Crippen LogP contribution < -0.4 is 0 Å². The maximum Gasteiger partial charge on any atom is 0.169 e. The molecule has 0 amide bonds. The van der Waals surface area contributed by atoms with Crippen molar-refractivity contribution in [3.8, 4) is 0 Å². The molecule has 2 fully saturated rings. The van der Waals surface area contributed by atoms with Crippen molar-refractivity contribution in [3.05, 3.63) is 12.2 Å². The SMILES string of the molecule is CC1CCC2C(C)(C)C(=O)C3(C)C(=O)C=CC123. The number of carbonyl (C=O) groups is 2. The molecule has 17 heavy (non-hydrogen) atoms. The Bertz CT molecular complexity index is 460. The Kier molecular flexibility index (Phi) is 1.80. The Hall–Kier alpha value is -0.920. The van der Waals surface area contributed by atoms with Gasteiger partial charge in [0.05, 0.1) is 5.41 Å². The molecular weight excluding hydrogens is 212 g/mol. The van der Waals surface area contributed by atoms with Crippen LogP contribution in [0.1, 0.15) is 40.5 Å². The third-order valence-electron chi connectivity index (χ3n) is 6.06. The zero-order valence-corrected chi connectivity index (χ0v) is 11.0. The molecule has 3 aliphatic rings. The molecule has 3 aliphatic carbocycles. The summed E-state index contributed by atoms with van der Waals surface area (Å²) in [5.41, 5.74) is -1.32. The van der Waals surface area contributed by atoms with Gasteiger partial charge >= 0.3 is 0 Å². The summed E-state index contributed by atoms with van der Waals surface area (Å²) in [6, 6.07) is 0. The fraction of sp³-hybridized carbons (Fsp3) is 0.733. The fourth-order valence-corrected chi connectivity index (χ4v) is 5.19. The van der Waals surface area contributed by atoms with E-state index >= 15 is 0 Å². The van der Waals surface area contributed by atoms with Gasteiger partial charge in [-0.1, -0.05) is 26.8 Å². The van der Waals surface area contributed by atoms with Crippen LogP contribution >= 0.6 is 0 Å². The van der Waals surface area contributed by atoms with Gasteiger partial charge < -0.3 is 0 Å². The maximum atomic E-state index is 12.7. The predicted octanol–water partition coefficient (Wildman–Crippen LogP) is 2.77. The molecule has 4 atom stereocenters. The third-order valence-corrected chi connectivity index (χ3v) is 6.06. The van der Waals surface area contributed by atoms with Crippen LogP contribution in [0.15, 0.2) is 12.2 Å². The molecule has 0 radical (unpaired) electrons. The molecule has 0 aromatic rings. The van der Waals surface area contributed by atoms with E-state index < -0.39 is 5.41 Å². The van der Waals surface area contributed by atoms with Gasteiger partial charge in [0.25, 0.3) is 0 Å². The van der Waals surface area contributed by atoms with Crippen molar-refractivity contribution < 1.29 is 9.59 Å². The number of hydrogen-bond acceptors (Lipinski definition) is 2. The van der Waals surface area contributed by atoms with Gasteiger partial charge in [-0.3, -0.25) is 9.59 Å². The summed E-state index contributed by atoms with van der Waals surface area (Å²) in [5, 5.41) is 0. The smallest absolute Gasteiger partial charge is 0.169 e. The molecule has 2 nitrogen and oxygen atoms in total. The topological polar surface area (TPSA) is 34.1 Å². The normalized spacial score (nSPS) is 50.8. The summed E-state index contributed by atoms with van der Waals surface area (Å²) in [6.45, 7) is 8.16.